The number of carboxylic acid groups (broad SMARTS) is 1. The fourth-order valence-corrected chi connectivity index (χ4v) is 1.55. The van der Waals surface area contributed by atoms with Crippen molar-refractivity contribution in [1.29, 1.82) is 0 Å². The smallest absolute Gasteiger partial charge is 0.311 e. The van der Waals surface area contributed by atoms with Crippen LogP contribution in [0.25, 0.3) is 0 Å². The van der Waals surface area contributed by atoms with Gasteiger partial charge in [0.1, 0.15) is 0 Å². The molecule has 0 aromatic carbocycles. The molecule has 2 N–H and O–H groups in total. The van der Waals surface area contributed by atoms with Gasteiger partial charge in [0.05, 0.1) is 11.5 Å². The number of aryl methyl sites for hydroxylation is 1. The Kier molecular flexibility index (Phi) is 5.30. The first-order chi connectivity index (χ1) is 9.26. The lowest BCUT2D eigenvalue weighted by molar-refractivity contribution is -0.147. The first kappa shape index (κ1) is 16.2. The van der Waals surface area contributed by atoms with Gasteiger partial charge in [-0.2, -0.15) is 4.98 Å². The minimum absolute atomic E-state index is 0.0251. The summed E-state index contributed by atoms with van der Waals surface area (Å²) >= 11 is 0. The van der Waals surface area contributed by atoms with Gasteiger partial charge < -0.3 is 15.2 Å². The summed E-state index contributed by atoms with van der Waals surface area (Å²) in [7, 11) is 0. The van der Waals surface area contributed by atoms with Crippen LogP contribution in [-0.4, -0.2) is 33.7 Å². The second-order valence-corrected chi connectivity index (χ2v) is 5.41. The molecular weight excluding hydrogens is 258 g/mol. The summed E-state index contributed by atoms with van der Waals surface area (Å²) in [6.07, 6.45) is 0.549. The molecule has 0 amide bonds. The van der Waals surface area contributed by atoms with E-state index in [0.29, 0.717) is 18.2 Å². The van der Waals surface area contributed by atoms with Crippen molar-refractivity contribution in [2.75, 3.05) is 11.9 Å². The topological polar surface area (TPSA) is 84.3 Å². The third-order valence-corrected chi connectivity index (χ3v) is 3.12. The van der Waals surface area contributed by atoms with Gasteiger partial charge in [-0.25, -0.2) is 4.98 Å². The van der Waals surface area contributed by atoms with Crippen LogP contribution in [0.4, 0.5) is 5.95 Å². The van der Waals surface area contributed by atoms with E-state index in [2.05, 4.69) is 15.3 Å². The van der Waals surface area contributed by atoms with Crippen molar-refractivity contribution in [3.63, 3.8) is 0 Å². The molecule has 1 aromatic rings. The van der Waals surface area contributed by atoms with Gasteiger partial charge in [-0.15, -0.1) is 0 Å². The van der Waals surface area contributed by atoms with Gasteiger partial charge >= 0.3 is 5.97 Å². The molecule has 0 fully saturated rings. The lowest BCUT2D eigenvalue weighted by Gasteiger charge is -2.23. The molecule has 20 heavy (non-hydrogen) atoms. The van der Waals surface area contributed by atoms with E-state index in [1.807, 2.05) is 27.7 Å². The summed E-state index contributed by atoms with van der Waals surface area (Å²) in [6.45, 7) is 9.50. The van der Waals surface area contributed by atoms with Gasteiger partial charge in [-0.05, 0) is 34.1 Å². The van der Waals surface area contributed by atoms with E-state index < -0.39 is 11.4 Å². The maximum Gasteiger partial charge on any atom is 0.311 e. The SMILES string of the molecule is CCC(C)(CNc1nc(C)cc(OC(C)C)n1)C(=O)O. The number of nitrogens with zero attached hydrogens (tertiary/aromatic N) is 2. The van der Waals surface area contributed by atoms with Gasteiger partial charge in [-0.1, -0.05) is 6.92 Å². The number of carboxylic acids is 1. The van der Waals surface area contributed by atoms with Gasteiger partial charge in [-0.3, -0.25) is 4.79 Å². The Balaban J connectivity index is 2.82. The Morgan fingerprint density at radius 2 is 2.15 bits per heavy atom. The van der Waals surface area contributed by atoms with Gasteiger partial charge in [0.25, 0.3) is 0 Å². The molecule has 112 valence electrons. The van der Waals surface area contributed by atoms with Crippen molar-refractivity contribution < 1.29 is 14.6 Å². The summed E-state index contributed by atoms with van der Waals surface area (Å²) in [5.41, 5.74) is -0.0710. The third kappa shape index (κ3) is 4.36. The molecule has 1 aromatic heterocycles. The highest BCUT2D eigenvalue weighted by molar-refractivity contribution is 5.74. The standard InChI is InChI=1S/C14H23N3O3/c1-6-14(5,12(18)19)8-15-13-16-10(4)7-11(17-13)20-9(2)3/h7,9H,6,8H2,1-5H3,(H,18,19)(H,15,16,17). The monoisotopic (exact) mass is 281 g/mol. The van der Waals surface area contributed by atoms with Gasteiger partial charge in [0.15, 0.2) is 0 Å². The summed E-state index contributed by atoms with van der Waals surface area (Å²) in [5.74, 6) is 0.0453. The first-order valence-corrected chi connectivity index (χ1v) is 6.76. The van der Waals surface area contributed by atoms with Crippen molar-refractivity contribution in [1.82, 2.24) is 9.97 Å². The molecule has 1 unspecified atom stereocenters. The zero-order valence-electron chi connectivity index (χ0n) is 12.7. The van der Waals surface area contributed by atoms with Crippen LogP contribution in [0.1, 0.15) is 39.8 Å². The lowest BCUT2D eigenvalue weighted by atomic mass is 9.88. The zero-order chi connectivity index (χ0) is 15.3. The molecule has 0 saturated carbocycles. The highest BCUT2D eigenvalue weighted by Gasteiger charge is 2.31. The van der Waals surface area contributed by atoms with Crippen LogP contribution in [-0.2, 0) is 4.79 Å². The van der Waals surface area contributed by atoms with E-state index in [0.717, 1.165) is 5.69 Å². The lowest BCUT2D eigenvalue weighted by Crippen LogP contribution is -2.34. The number of aliphatic carboxylic acids is 1. The number of hydrogen-bond acceptors (Lipinski definition) is 5. The van der Waals surface area contributed by atoms with Crippen LogP contribution in [0.15, 0.2) is 6.07 Å². The van der Waals surface area contributed by atoms with Crippen LogP contribution < -0.4 is 10.1 Å². The average molecular weight is 281 g/mol. The summed E-state index contributed by atoms with van der Waals surface area (Å²) < 4.78 is 5.53. The molecule has 1 heterocycles. The second kappa shape index (κ2) is 6.54. The van der Waals surface area contributed by atoms with E-state index >= 15 is 0 Å². The van der Waals surface area contributed by atoms with E-state index in [9.17, 15) is 9.90 Å². The predicted molar refractivity (Wildman–Crippen MR) is 77.1 cm³/mol. The highest BCUT2D eigenvalue weighted by atomic mass is 16.5. The fourth-order valence-electron chi connectivity index (χ4n) is 1.55. The van der Waals surface area contributed by atoms with E-state index in [-0.39, 0.29) is 12.6 Å². The number of nitrogens with one attached hydrogen (secondary N) is 1. The summed E-state index contributed by atoms with van der Waals surface area (Å²) in [6, 6.07) is 1.75. The number of ether oxygens (including phenoxy) is 1. The van der Waals surface area contributed by atoms with Crippen molar-refractivity contribution in [3.05, 3.63) is 11.8 Å². The predicted octanol–water partition coefficient (Wildman–Crippen LogP) is 2.49. The van der Waals surface area contributed by atoms with Gasteiger partial charge in [0.2, 0.25) is 11.8 Å². The van der Waals surface area contributed by atoms with E-state index in [1.54, 1.807) is 13.0 Å². The summed E-state index contributed by atoms with van der Waals surface area (Å²) in [5, 5.41) is 12.2. The molecule has 0 aliphatic heterocycles. The molecule has 6 nitrogen and oxygen atoms in total. The molecule has 0 aliphatic carbocycles. The number of anilines is 1. The third-order valence-electron chi connectivity index (χ3n) is 3.12. The molecule has 0 aliphatic rings. The van der Waals surface area contributed by atoms with Crippen LogP contribution in [0.3, 0.4) is 0 Å². The van der Waals surface area contributed by atoms with Crippen molar-refractivity contribution in [3.8, 4) is 5.88 Å². The Morgan fingerprint density at radius 3 is 2.65 bits per heavy atom. The van der Waals surface area contributed by atoms with Crippen LogP contribution >= 0.6 is 0 Å². The fraction of sp³-hybridized carbons (Fsp3) is 0.643. The molecule has 1 rings (SSSR count). The highest BCUT2D eigenvalue weighted by Crippen LogP contribution is 2.22. The largest absolute Gasteiger partial charge is 0.481 e. The maximum absolute atomic E-state index is 11.2. The average Bonchev–Trinajstić information content (AvgIpc) is 2.34. The Bertz CT molecular complexity index is 477. The molecule has 0 spiro atoms. The van der Waals surface area contributed by atoms with E-state index in [1.165, 1.54) is 0 Å². The minimum Gasteiger partial charge on any atom is -0.481 e. The quantitative estimate of drug-likeness (QED) is 0.798. The molecule has 0 saturated heterocycles. The first-order valence-electron chi connectivity index (χ1n) is 6.76. The molecule has 0 bridgehead atoms. The number of aromatic nitrogens is 2. The van der Waals surface area contributed by atoms with Crippen molar-refractivity contribution in [2.45, 2.75) is 47.1 Å². The Labute approximate surface area is 119 Å². The second-order valence-electron chi connectivity index (χ2n) is 5.41. The molecule has 1 atom stereocenters. The zero-order valence-corrected chi connectivity index (χ0v) is 12.7. The van der Waals surface area contributed by atoms with Gasteiger partial charge in [0, 0.05) is 18.3 Å². The normalized spacial score (nSPS) is 13.9. The van der Waals surface area contributed by atoms with Crippen molar-refractivity contribution in [2.24, 2.45) is 5.41 Å². The molecular formula is C14H23N3O3. The number of hydrogen-bond donors (Lipinski definition) is 2. The van der Waals surface area contributed by atoms with Crippen molar-refractivity contribution >= 4 is 11.9 Å². The van der Waals surface area contributed by atoms with Crippen LogP contribution in [0.2, 0.25) is 0 Å². The van der Waals surface area contributed by atoms with E-state index in [4.69, 9.17) is 4.74 Å². The minimum atomic E-state index is -0.841. The maximum atomic E-state index is 11.2. The van der Waals surface area contributed by atoms with Crippen LogP contribution in [0, 0.1) is 12.3 Å². The number of carbonyl (C=O) groups is 1. The Morgan fingerprint density at radius 1 is 1.50 bits per heavy atom. The molecule has 6 heteroatoms. The Hall–Kier alpha value is -1.85. The molecule has 0 radical (unpaired) electrons. The summed E-state index contributed by atoms with van der Waals surface area (Å²) in [4.78, 5) is 19.7. The number of rotatable bonds is 7. The van der Waals surface area contributed by atoms with Crippen LogP contribution in [0.5, 0.6) is 5.88 Å².